The van der Waals surface area contributed by atoms with Crippen molar-refractivity contribution in [2.45, 2.75) is 39.2 Å². The van der Waals surface area contributed by atoms with E-state index in [1.54, 1.807) is 37.9 Å². The number of amides is 3. The summed E-state index contributed by atoms with van der Waals surface area (Å²) in [6.45, 7) is 3.94. The lowest BCUT2D eigenvalue weighted by Gasteiger charge is -2.40. The Balaban J connectivity index is 1.44. The fraction of sp³-hybridized carbons (Fsp3) is 0.345. The van der Waals surface area contributed by atoms with Crippen LogP contribution in [0.1, 0.15) is 31.4 Å². The summed E-state index contributed by atoms with van der Waals surface area (Å²) >= 11 is 0. The van der Waals surface area contributed by atoms with Crippen LogP contribution in [-0.4, -0.2) is 64.5 Å². The Hall–Kier alpha value is -4.01. The van der Waals surface area contributed by atoms with E-state index in [0.29, 0.717) is 31.7 Å². The van der Waals surface area contributed by atoms with Crippen molar-refractivity contribution in [1.29, 1.82) is 0 Å². The van der Waals surface area contributed by atoms with Gasteiger partial charge >= 0.3 is 0 Å². The van der Waals surface area contributed by atoms with Crippen molar-refractivity contribution in [3.63, 3.8) is 0 Å². The molecule has 197 valence electrons. The molecule has 2 N–H and O–H groups in total. The van der Waals surface area contributed by atoms with E-state index in [0.717, 1.165) is 27.7 Å². The van der Waals surface area contributed by atoms with E-state index in [1.165, 1.54) is 17.1 Å². The van der Waals surface area contributed by atoms with Crippen LogP contribution in [0.2, 0.25) is 0 Å². The number of fused-ring (bicyclic) bond motifs is 2. The summed E-state index contributed by atoms with van der Waals surface area (Å²) in [6.07, 6.45) is 2.92. The molecule has 0 saturated carbocycles. The van der Waals surface area contributed by atoms with Crippen molar-refractivity contribution in [3.8, 4) is 0 Å². The van der Waals surface area contributed by atoms with Crippen molar-refractivity contribution in [2.75, 3.05) is 20.1 Å². The Kier molecular flexibility index (Phi) is 6.77. The number of carbonyl (C=O) groups excluding carboxylic acids is 3. The minimum absolute atomic E-state index is 0.139. The minimum atomic E-state index is -1.03. The second-order valence-corrected chi connectivity index (χ2v) is 10.4. The SMILES string of the molecule is C[C](C)C(=O)NC(Cc1c[nH]c2ccccc12)C(=O)N1CCC2=NN(C)C(=O)C2(Cc2ccc(F)cc2)C1. The van der Waals surface area contributed by atoms with Gasteiger partial charge in [0.05, 0.1) is 11.6 Å². The summed E-state index contributed by atoms with van der Waals surface area (Å²) in [5, 5.41) is 9.74. The van der Waals surface area contributed by atoms with Crippen molar-refractivity contribution in [1.82, 2.24) is 20.2 Å². The van der Waals surface area contributed by atoms with Gasteiger partial charge in [-0.25, -0.2) is 9.40 Å². The molecule has 3 aromatic rings. The van der Waals surface area contributed by atoms with E-state index in [-0.39, 0.29) is 30.1 Å². The summed E-state index contributed by atoms with van der Waals surface area (Å²) < 4.78 is 13.6. The molecule has 9 heteroatoms. The van der Waals surface area contributed by atoms with Crippen LogP contribution in [0.25, 0.3) is 10.9 Å². The maximum atomic E-state index is 14.0. The lowest BCUT2D eigenvalue weighted by atomic mass is 9.73. The number of H-pyrrole nitrogens is 1. The second-order valence-electron chi connectivity index (χ2n) is 10.4. The Morgan fingerprint density at radius 2 is 1.89 bits per heavy atom. The highest BCUT2D eigenvalue weighted by atomic mass is 19.1. The molecule has 1 aromatic heterocycles. The number of benzene rings is 2. The van der Waals surface area contributed by atoms with Gasteiger partial charge in [0.1, 0.15) is 17.3 Å². The molecule has 38 heavy (non-hydrogen) atoms. The number of hydrazone groups is 1. The van der Waals surface area contributed by atoms with Crippen LogP contribution in [0, 0.1) is 17.2 Å². The smallest absolute Gasteiger partial charge is 0.256 e. The number of aromatic nitrogens is 1. The van der Waals surface area contributed by atoms with Gasteiger partial charge in [-0.2, -0.15) is 5.10 Å². The first kappa shape index (κ1) is 25.6. The molecule has 1 saturated heterocycles. The Bertz CT molecular complexity index is 1410. The highest BCUT2D eigenvalue weighted by molar-refractivity contribution is 6.13. The van der Waals surface area contributed by atoms with Crippen LogP contribution in [0.3, 0.4) is 0 Å². The average molecular weight is 517 g/mol. The normalized spacial score (nSPS) is 20.0. The number of carbonyl (C=O) groups is 3. The molecule has 2 unspecified atom stereocenters. The zero-order chi connectivity index (χ0) is 27.0. The van der Waals surface area contributed by atoms with Gasteiger partial charge in [0.2, 0.25) is 11.8 Å². The number of piperidine rings is 1. The Labute approximate surface area is 220 Å². The summed E-state index contributed by atoms with van der Waals surface area (Å²) in [6, 6.07) is 13.1. The number of aromatic amines is 1. The number of hydrogen-bond donors (Lipinski definition) is 2. The van der Waals surface area contributed by atoms with Crippen LogP contribution in [-0.2, 0) is 27.2 Å². The molecule has 2 aliphatic rings. The molecule has 1 fully saturated rings. The van der Waals surface area contributed by atoms with Gasteiger partial charge in [0.15, 0.2) is 0 Å². The number of hydrogen-bond acceptors (Lipinski definition) is 4. The molecule has 0 aliphatic carbocycles. The quantitative estimate of drug-likeness (QED) is 0.505. The van der Waals surface area contributed by atoms with Gasteiger partial charge in [-0.3, -0.25) is 14.4 Å². The maximum Gasteiger partial charge on any atom is 0.256 e. The van der Waals surface area contributed by atoms with E-state index in [9.17, 15) is 18.8 Å². The molecule has 2 aliphatic heterocycles. The molecule has 0 spiro atoms. The lowest BCUT2D eigenvalue weighted by Crippen LogP contribution is -2.59. The topological polar surface area (TPSA) is 97.9 Å². The van der Waals surface area contributed by atoms with E-state index in [2.05, 4.69) is 15.4 Å². The van der Waals surface area contributed by atoms with Gasteiger partial charge in [0, 0.05) is 50.1 Å². The van der Waals surface area contributed by atoms with Gasteiger partial charge < -0.3 is 15.2 Å². The minimum Gasteiger partial charge on any atom is -0.361 e. The van der Waals surface area contributed by atoms with E-state index < -0.39 is 11.5 Å². The molecule has 2 atom stereocenters. The maximum absolute atomic E-state index is 14.0. The van der Waals surface area contributed by atoms with Crippen molar-refractivity contribution in [2.24, 2.45) is 10.5 Å². The third-order valence-corrected chi connectivity index (χ3v) is 7.49. The zero-order valence-corrected chi connectivity index (χ0v) is 21.8. The summed E-state index contributed by atoms with van der Waals surface area (Å²) in [4.78, 5) is 45.1. The lowest BCUT2D eigenvalue weighted by molar-refractivity contribution is -0.141. The molecule has 0 bridgehead atoms. The molecular weight excluding hydrogens is 485 g/mol. The number of nitrogens with one attached hydrogen (secondary N) is 2. The second kappa shape index (κ2) is 10.0. The van der Waals surface area contributed by atoms with Crippen molar-refractivity contribution in [3.05, 3.63) is 77.6 Å². The van der Waals surface area contributed by atoms with Gasteiger partial charge in [0.25, 0.3) is 5.91 Å². The largest absolute Gasteiger partial charge is 0.361 e. The van der Waals surface area contributed by atoms with Gasteiger partial charge in [-0.15, -0.1) is 0 Å². The highest BCUT2D eigenvalue weighted by Crippen LogP contribution is 2.38. The van der Waals surface area contributed by atoms with E-state index in [1.807, 2.05) is 30.5 Å². The van der Waals surface area contributed by atoms with Crippen molar-refractivity contribution < 1.29 is 18.8 Å². The molecule has 1 radical (unpaired) electrons. The predicted molar refractivity (Wildman–Crippen MR) is 142 cm³/mol. The molecule has 5 rings (SSSR count). The Morgan fingerprint density at radius 1 is 1.16 bits per heavy atom. The summed E-state index contributed by atoms with van der Waals surface area (Å²) in [7, 11) is 1.62. The monoisotopic (exact) mass is 516 g/mol. The standard InChI is InChI=1S/C29H31FN5O3/c1-18(2)26(36)32-24(14-20-16-31-23-7-5-4-6-22(20)23)27(37)35-13-12-25-29(17-35,28(38)34(3)33-25)15-19-8-10-21(30)11-9-19/h4-11,16,24,31H,12-15,17H2,1-3H3,(H,32,36). The Morgan fingerprint density at radius 3 is 2.63 bits per heavy atom. The molecule has 3 amide bonds. The van der Waals surface area contributed by atoms with E-state index >= 15 is 0 Å². The molecule has 3 heterocycles. The highest BCUT2D eigenvalue weighted by Gasteiger charge is 2.53. The number of halogens is 1. The first-order valence-electron chi connectivity index (χ1n) is 12.7. The van der Waals surface area contributed by atoms with Crippen LogP contribution in [0.5, 0.6) is 0 Å². The number of likely N-dealkylation sites (tertiary alicyclic amines) is 1. The van der Waals surface area contributed by atoms with E-state index in [4.69, 9.17) is 0 Å². The number of rotatable bonds is 7. The van der Waals surface area contributed by atoms with Gasteiger partial charge in [-0.1, -0.05) is 44.2 Å². The third-order valence-electron chi connectivity index (χ3n) is 7.49. The molecule has 8 nitrogen and oxygen atoms in total. The zero-order valence-electron chi connectivity index (χ0n) is 21.8. The third kappa shape index (κ3) is 4.68. The van der Waals surface area contributed by atoms with Crippen LogP contribution >= 0.6 is 0 Å². The first-order valence-corrected chi connectivity index (χ1v) is 12.7. The molecule has 2 aromatic carbocycles. The number of nitrogens with zero attached hydrogens (tertiary/aromatic N) is 3. The van der Waals surface area contributed by atoms with Crippen LogP contribution < -0.4 is 5.32 Å². The first-order chi connectivity index (χ1) is 18.2. The predicted octanol–water partition coefficient (Wildman–Crippen LogP) is 3.24. The van der Waals surface area contributed by atoms with Crippen LogP contribution in [0.4, 0.5) is 4.39 Å². The fourth-order valence-electron chi connectivity index (χ4n) is 5.47. The van der Waals surface area contributed by atoms with Crippen LogP contribution in [0.15, 0.2) is 59.8 Å². The number of para-hydroxylation sites is 1. The average Bonchev–Trinajstić information content (AvgIpc) is 3.42. The van der Waals surface area contributed by atoms with Crippen molar-refractivity contribution >= 4 is 34.3 Å². The summed E-state index contributed by atoms with van der Waals surface area (Å²) in [5.74, 6) is -0.529. The molecular formula is C29H31FN5O3. The fourth-order valence-corrected chi connectivity index (χ4v) is 5.47. The summed E-state index contributed by atoms with van der Waals surface area (Å²) in [5.41, 5.74) is 2.37. The van der Waals surface area contributed by atoms with Gasteiger partial charge in [-0.05, 0) is 35.7 Å².